The second-order valence-electron chi connectivity index (χ2n) is 3.14. The number of rotatable bonds is 6. The van der Waals surface area contributed by atoms with Gasteiger partial charge in [-0.3, -0.25) is 0 Å². The highest BCUT2D eigenvalue weighted by atomic mass is 16.5. The van der Waals surface area contributed by atoms with Crippen LogP contribution in [0.25, 0.3) is 0 Å². The first-order valence-corrected chi connectivity index (χ1v) is 4.88. The summed E-state index contributed by atoms with van der Waals surface area (Å²) < 4.78 is 4.98. The van der Waals surface area contributed by atoms with Crippen LogP contribution in [0.4, 0.5) is 0 Å². The fraction of sp³-hybridized carbons (Fsp3) is 0.308. The summed E-state index contributed by atoms with van der Waals surface area (Å²) >= 11 is 0. The minimum atomic E-state index is -0.339. The van der Waals surface area contributed by atoms with Crippen molar-refractivity contribution in [3.8, 4) is 0 Å². The summed E-state index contributed by atoms with van der Waals surface area (Å²) in [6.07, 6.45) is 8.21. The van der Waals surface area contributed by atoms with Gasteiger partial charge in [-0.2, -0.15) is 0 Å². The SMILES string of the molecule is C=C/C=C(\C=C/C)CCOC(=O)C(=C)C. The Morgan fingerprint density at radius 3 is 2.60 bits per heavy atom. The maximum absolute atomic E-state index is 11.1. The highest BCUT2D eigenvalue weighted by Gasteiger charge is 2.02. The standard InChI is InChI=1S/C13H18O2/c1-5-7-12(8-6-2)9-10-15-13(14)11(3)4/h5-8H,1,3,9-10H2,2,4H3/b8-6-,12-7+. The van der Waals surface area contributed by atoms with Crippen LogP contribution in [-0.4, -0.2) is 12.6 Å². The second kappa shape index (κ2) is 7.80. The zero-order valence-corrected chi connectivity index (χ0v) is 9.45. The molecule has 0 aromatic heterocycles. The van der Waals surface area contributed by atoms with Crippen molar-refractivity contribution in [2.24, 2.45) is 0 Å². The van der Waals surface area contributed by atoms with E-state index in [1.54, 1.807) is 13.0 Å². The third-order valence-corrected chi connectivity index (χ3v) is 1.69. The Hall–Kier alpha value is -1.57. The van der Waals surface area contributed by atoms with Crippen LogP contribution in [0.3, 0.4) is 0 Å². The van der Waals surface area contributed by atoms with Crippen molar-refractivity contribution in [3.05, 3.63) is 48.6 Å². The minimum Gasteiger partial charge on any atom is -0.462 e. The average molecular weight is 206 g/mol. The van der Waals surface area contributed by atoms with E-state index in [0.717, 1.165) is 5.57 Å². The summed E-state index contributed by atoms with van der Waals surface area (Å²) in [5.74, 6) is -0.339. The molecule has 0 unspecified atom stereocenters. The molecule has 0 aliphatic carbocycles. The molecule has 0 N–H and O–H groups in total. The Morgan fingerprint density at radius 2 is 2.13 bits per heavy atom. The highest BCUT2D eigenvalue weighted by Crippen LogP contribution is 2.05. The monoisotopic (exact) mass is 206 g/mol. The van der Waals surface area contributed by atoms with E-state index in [0.29, 0.717) is 18.6 Å². The predicted octanol–water partition coefficient (Wildman–Crippen LogP) is 3.18. The molecule has 0 aliphatic heterocycles. The summed E-state index contributed by atoms with van der Waals surface area (Å²) in [6, 6.07) is 0. The Bertz CT molecular complexity index is 296. The van der Waals surface area contributed by atoms with E-state index in [1.807, 2.05) is 25.2 Å². The summed E-state index contributed by atoms with van der Waals surface area (Å²) in [6.45, 7) is 11.1. The van der Waals surface area contributed by atoms with Crippen LogP contribution in [0.1, 0.15) is 20.3 Å². The van der Waals surface area contributed by atoms with E-state index in [2.05, 4.69) is 13.2 Å². The topological polar surface area (TPSA) is 26.3 Å². The van der Waals surface area contributed by atoms with E-state index in [4.69, 9.17) is 4.74 Å². The van der Waals surface area contributed by atoms with Gasteiger partial charge in [-0.05, 0) is 19.4 Å². The predicted molar refractivity (Wildman–Crippen MR) is 63.5 cm³/mol. The first-order chi connectivity index (χ1) is 7.11. The molecule has 0 saturated heterocycles. The number of carbonyl (C=O) groups excluding carboxylic acids is 1. The van der Waals surface area contributed by atoms with E-state index >= 15 is 0 Å². The smallest absolute Gasteiger partial charge is 0.333 e. The maximum atomic E-state index is 11.1. The van der Waals surface area contributed by atoms with Crippen molar-refractivity contribution < 1.29 is 9.53 Å². The highest BCUT2D eigenvalue weighted by molar-refractivity contribution is 5.86. The molecule has 0 spiro atoms. The van der Waals surface area contributed by atoms with Crippen LogP contribution in [0.5, 0.6) is 0 Å². The van der Waals surface area contributed by atoms with Gasteiger partial charge in [-0.15, -0.1) is 0 Å². The van der Waals surface area contributed by atoms with Crippen LogP contribution in [-0.2, 0) is 9.53 Å². The van der Waals surface area contributed by atoms with Gasteiger partial charge in [0.1, 0.15) is 0 Å². The van der Waals surface area contributed by atoms with Crippen LogP contribution in [0.15, 0.2) is 48.6 Å². The molecule has 15 heavy (non-hydrogen) atoms. The summed E-state index contributed by atoms with van der Waals surface area (Å²) in [5, 5.41) is 0. The number of esters is 1. The lowest BCUT2D eigenvalue weighted by molar-refractivity contribution is -0.138. The molecule has 2 heteroatoms. The zero-order valence-electron chi connectivity index (χ0n) is 9.45. The third-order valence-electron chi connectivity index (χ3n) is 1.69. The van der Waals surface area contributed by atoms with Gasteiger partial charge in [0.05, 0.1) is 6.61 Å². The Morgan fingerprint density at radius 1 is 1.47 bits per heavy atom. The van der Waals surface area contributed by atoms with Gasteiger partial charge in [-0.25, -0.2) is 4.79 Å². The quantitative estimate of drug-likeness (QED) is 0.379. The van der Waals surface area contributed by atoms with Crippen molar-refractivity contribution >= 4 is 5.97 Å². The van der Waals surface area contributed by atoms with Crippen molar-refractivity contribution in [2.45, 2.75) is 20.3 Å². The van der Waals surface area contributed by atoms with Crippen LogP contribution >= 0.6 is 0 Å². The number of ether oxygens (including phenoxy) is 1. The first-order valence-electron chi connectivity index (χ1n) is 4.88. The molecule has 0 aromatic carbocycles. The van der Waals surface area contributed by atoms with E-state index < -0.39 is 0 Å². The minimum absolute atomic E-state index is 0.339. The van der Waals surface area contributed by atoms with Crippen molar-refractivity contribution in [1.29, 1.82) is 0 Å². The van der Waals surface area contributed by atoms with Gasteiger partial charge in [0, 0.05) is 12.0 Å². The molecule has 0 amide bonds. The second-order valence-corrected chi connectivity index (χ2v) is 3.14. The van der Waals surface area contributed by atoms with Crippen LogP contribution in [0.2, 0.25) is 0 Å². The third kappa shape index (κ3) is 6.49. The number of carbonyl (C=O) groups is 1. The molecular formula is C13H18O2. The van der Waals surface area contributed by atoms with E-state index in [9.17, 15) is 4.79 Å². The lowest BCUT2D eigenvalue weighted by atomic mass is 10.1. The average Bonchev–Trinajstić information content (AvgIpc) is 2.18. The molecule has 0 atom stereocenters. The molecular weight excluding hydrogens is 188 g/mol. The molecule has 0 rings (SSSR count). The van der Waals surface area contributed by atoms with E-state index in [1.165, 1.54) is 0 Å². The summed E-state index contributed by atoms with van der Waals surface area (Å²) in [5.41, 5.74) is 1.51. The van der Waals surface area contributed by atoms with Gasteiger partial charge in [0.2, 0.25) is 0 Å². The fourth-order valence-corrected chi connectivity index (χ4v) is 0.972. The fourth-order valence-electron chi connectivity index (χ4n) is 0.972. The van der Waals surface area contributed by atoms with Crippen LogP contribution < -0.4 is 0 Å². The zero-order chi connectivity index (χ0) is 11.7. The normalized spacial score (nSPS) is 11.5. The van der Waals surface area contributed by atoms with Crippen molar-refractivity contribution in [3.63, 3.8) is 0 Å². The van der Waals surface area contributed by atoms with Crippen LogP contribution in [0, 0.1) is 0 Å². The van der Waals surface area contributed by atoms with Crippen molar-refractivity contribution in [1.82, 2.24) is 0 Å². The molecule has 0 saturated carbocycles. The van der Waals surface area contributed by atoms with Gasteiger partial charge >= 0.3 is 5.97 Å². The van der Waals surface area contributed by atoms with Gasteiger partial charge < -0.3 is 4.74 Å². The molecule has 0 aliphatic rings. The van der Waals surface area contributed by atoms with Crippen molar-refractivity contribution in [2.75, 3.05) is 6.61 Å². The lowest BCUT2D eigenvalue weighted by Gasteiger charge is -2.04. The molecule has 0 radical (unpaired) electrons. The summed E-state index contributed by atoms with van der Waals surface area (Å²) in [7, 11) is 0. The largest absolute Gasteiger partial charge is 0.462 e. The van der Waals surface area contributed by atoms with Gasteiger partial charge in [0.25, 0.3) is 0 Å². The molecule has 0 bridgehead atoms. The van der Waals surface area contributed by atoms with Gasteiger partial charge in [-0.1, -0.05) is 37.5 Å². The van der Waals surface area contributed by atoms with Gasteiger partial charge in [0.15, 0.2) is 0 Å². The van der Waals surface area contributed by atoms with E-state index in [-0.39, 0.29) is 5.97 Å². The molecule has 0 aromatic rings. The lowest BCUT2D eigenvalue weighted by Crippen LogP contribution is -2.06. The Kier molecular flexibility index (Phi) is 6.98. The Labute approximate surface area is 91.6 Å². The summed E-state index contributed by atoms with van der Waals surface area (Å²) in [4.78, 5) is 11.1. The molecule has 82 valence electrons. The Balaban J connectivity index is 4.02. The number of allylic oxidation sites excluding steroid dienone is 4. The number of hydrogen-bond donors (Lipinski definition) is 0. The molecule has 2 nitrogen and oxygen atoms in total. The number of hydrogen-bond acceptors (Lipinski definition) is 2. The molecule has 0 fully saturated rings. The maximum Gasteiger partial charge on any atom is 0.333 e. The molecule has 0 heterocycles. The first kappa shape index (κ1) is 13.4.